The van der Waals surface area contributed by atoms with Crippen molar-refractivity contribution in [3.8, 4) is 0 Å². The summed E-state index contributed by atoms with van der Waals surface area (Å²) < 4.78 is 58.3. The molecule has 282 valence electrons. The second-order valence-corrected chi connectivity index (χ2v) is 14.2. The maximum atomic E-state index is 7.21. The van der Waals surface area contributed by atoms with E-state index < -0.39 is 5.60 Å². The van der Waals surface area contributed by atoms with Crippen LogP contribution in [0.15, 0.2) is 104 Å². The SMILES string of the molecule is C=CC[C@@H]1O[C@@H]2C[C@H](OCc3ccccc3)[C@@H](COCc3ccccc3)O[C@@]2(C)[C@H](OCc2ccccc2)C[C@H]1O[C@H]1CCCO[C@@H]1COCOC. The van der Waals surface area contributed by atoms with E-state index >= 15 is 0 Å². The number of benzene rings is 3. The Labute approximate surface area is 309 Å². The van der Waals surface area contributed by atoms with Gasteiger partial charge in [0.1, 0.15) is 24.6 Å². The first-order chi connectivity index (χ1) is 25.6. The highest BCUT2D eigenvalue weighted by Crippen LogP contribution is 2.43. The lowest BCUT2D eigenvalue weighted by Gasteiger charge is -2.50. The Morgan fingerprint density at radius 3 is 2.02 bits per heavy atom. The first kappa shape index (κ1) is 38.8. The summed E-state index contributed by atoms with van der Waals surface area (Å²) in [5.74, 6) is 0. The normalized spacial score (nSPS) is 30.7. The minimum atomic E-state index is -0.830. The predicted octanol–water partition coefficient (Wildman–Crippen LogP) is 7.21. The lowest BCUT2D eigenvalue weighted by Crippen LogP contribution is -2.62. The summed E-state index contributed by atoms with van der Waals surface area (Å²) in [5, 5.41) is 0. The first-order valence-corrected chi connectivity index (χ1v) is 18.8. The minimum absolute atomic E-state index is 0.170. The van der Waals surface area contributed by atoms with Gasteiger partial charge < -0.3 is 42.6 Å². The van der Waals surface area contributed by atoms with Crippen LogP contribution in [0.25, 0.3) is 0 Å². The average molecular weight is 717 g/mol. The summed E-state index contributed by atoms with van der Waals surface area (Å²) in [4.78, 5) is 0. The van der Waals surface area contributed by atoms with Gasteiger partial charge in [-0.25, -0.2) is 0 Å². The fraction of sp³-hybridized carbons (Fsp3) is 0.535. The first-order valence-electron chi connectivity index (χ1n) is 18.8. The Bertz CT molecular complexity index is 1440. The van der Waals surface area contributed by atoms with Crippen LogP contribution in [0.5, 0.6) is 0 Å². The minimum Gasteiger partial charge on any atom is -0.374 e. The Morgan fingerprint density at radius 2 is 1.37 bits per heavy atom. The molecule has 3 aromatic carbocycles. The number of ether oxygens (including phenoxy) is 9. The van der Waals surface area contributed by atoms with E-state index in [1.54, 1.807) is 7.11 Å². The summed E-state index contributed by atoms with van der Waals surface area (Å²) in [6.45, 7) is 9.22. The van der Waals surface area contributed by atoms with Crippen LogP contribution in [0.3, 0.4) is 0 Å². The van der Waals surface area contributed by atoms with Crippen LogP contribution < -0.4 is 0 Å². The van der Waals surface area contributed by atoms with Crippen molar-refractivity contribution in [2.45, 2.75) is 113 Å². The van der Waals surface area contributed by atoms with Crippen molar-refractivity contribution in [3.05, 3.63) is 120 Å². The van der Waals surface area contributed by atoms with Gasteiger partial charge in [0.05, 0.1) is 69.7 Å². The van der Waals surface area contributed by atoms with Crippen LogP contribution >= 0.6 is 0 Å². The fourth-order valence-corrected chi connectivity index (χ4v) is 7.52. The Morgan fingerprint density at radius 1 is 0.731 bits per heavy atom. The molecule has 52 heavy (non-hydrogen) atoms. The highest BCUT2D eigenvalue weighted by atomic mass is 16.7. The van der Waals surface area contributed by atoms with Crippen molar-refractivity contribution in [2.24, 2.45) is 0 Å². The van der Waals surface area contributed by atoms with Crippen molar-refractivity contribution in [1.29, 1.82) is 0 Å². The molecule has 9 atom stereocenters. The number of hydrogen-bond donors (Lipinski definition) is 0. The van der Waals surface area contributed by atoms with Gasteiger partial charge in [-0.05, 0) is 42.9 Å². The second-order valence-electron chi connectivity index (χ2n) is 14.2. The van der Waals surface area contributed by atoms with E-state index in [2.05, 4.69) is 49.9 Å². The van der Waals surface area contributed by atoms with E-state index in [0.29, 0.717) is 58.9 Å². The van der Waals surface area contributed by atoms with Gasteiger partial charge in [0.25, 0.3) is 0 Å². The molecule has 3 saturated heterocycles. The zero-order valence-corrected chi connectivity index (χ0v) is 30.7. The van der Waals surface area contributed by atoms with Crippen molar-refractivity contribution in [3.63, 3.8) is 0 Å². The fourth-order valence-electron chi connectivity index (χ4n) is 7.52. The molecule has 3 aliphatic heterocycles. The number of rotatable bonds is 18. The Hall–Kier alpha value is -2.96. The molecule has 9 heteroatoms. The van der Waals surface area contributed by atoms with Crippen LogP contribution in [0.2, 0.25) is 0 Å². The molecule has 0 amide bonds. The third-order valence-electron chi connectivity index (χ3n) is 10.4. The number of fused-ring (bicyclic) bond motifs is 1. The maximum absolute atomic E-state index is 7.21. The molecule has 6 rings (SSSR count). The van der Waals surface area contributed by atoms with Crippen molar-refractivity contribution in [1.82, 2.24) is 0 Å². The smallest absolute Gasteiger partial charge is 0.146 e. The second kappa shape index (κ2) is 19.9. The number of hydrogen-bond acceptors (Lipinski definition) is 9. The molecule has 0 bridgehead atoms. The molecule has 3 heterocycles. The summed E-state index contributed by atoms with van der Waals surface area (Å²) in [5.41, 5.74) is 2.47. The van der Waals surface area contributed by atoms with Crippen LogP contribution in [0.4, 0.5) is 0 Å². The van der Waals surface area contributed by atoms with Gasteiger partial charge in [-0.2, -0.15) is 0 Å². The largest absolute Gasteiger partial charge is 0.374 e. The molecule has 0 unspecified atom stereocenters. The third kappa shape index (κ3) is 10.6. The van der Waals surface area contributed by atoms with Gasteiger partial charge in [0, 0.05) is 26.6 Å². The average Bonchev–Trinajstić information content (AvgIpc) is 3.28. The van der Waals surface area contributed by atoms with Crippen molar-refractivity contribution >= 4 is 0 Å². The highest BCUT2D eigenvalue weighted by molar-refractivity contribution is 5.16. The van der Waals surface area contributed by atoms with Gasteiger partial charge in [0.2, 0.25) is 0 Å². The van der Waals surface area contributed by atoms with Gasteiger partial charge in [-0.1, -0.05) is 97.1 Å². The monoisotopic (exact) mass is 716 g/mol. The lowest BCUT2D eigenvalue weighted by atomic mass is 9.82. The molecule has 0 aliphatic carbocycles. The van der Waals surface area contributed by atoms with E-state index in [4.69, 9.17) is 42.6 Å². The molecule has 3 fully saturated rings. The van der Waals surface area contributed by atoms with E-state index in [1.165, 1.54) is 0 Å². The molecule has 0 spiro atoms. The lowest BCUT2D eigenvalue weighted by molar-refractivity contribution is -0.284. The zero-order valence-electron chi connectivity index (χ0n) is 30.7. The molecule has 0 aromatic heterocycles. The molecule has 0 radical (unpaired) electrons. The van der Waals surface area contributed by atoms with Gasteiger partial charge in [0.15, 0.2) is 0 Å². The van der Waals surface area contributed by atoms with E-state index in [9.17, 15) is 0 Å². The summed E-state index contributed by atoms with van der Waals surface area (Å²) in [6, 6.07) is 30.7. The van der Waals surface area contributed by atoms with Gasteiger partial charge >= 0.3 is 0 Å². The zero-order chi connectivity index (χ0) is 36.0. The molecular weight excluding hydrogens is 660 g/mol. The number of methoxy groups -OCH3 is 1. The Balaban J connectivity index is 1.27. The van der Waals surface area contributed by atoms with Crippen LogP contribution in [0.1, 0.15) is 55.7 Å². The molecule has 9 nitrogen and oxygen atoms in total. The maximum Gasteiger partial charge on any atom is 0.146 e. The summed E-state index contributed by atoms with van der Waals surface area (Å²) >= 11 is 0. The molecule has 3 aromatic rings. The van der Waals surface area contributed by atoms with E-state index in [0.717, 1.165) is 29.5 Å². The standard InChI is InChI=1S/C43H56O9/c1-4-15-35-38(50-36-22-14-23-47-39(36)29-46-31-44-3)25-41(49-28-34-20-12-7-13-21-34)43(2)42(51-35)24-37(48-27-33-18-10-6-11-19-33)40(52-43)30-45-26-32-16-8-5-9-17-32/h4-13,16-21,35-42H,1,14-15,22-31H2,2-3H3/t35-,36-,37-,38+,39+,40+,41+,42+,43-/m0/s1. The van der Waals surface area contributed by atoms with Crippen LogP contribution in [-0.2, 0) is 62.5 Å². The highest BCUT2D eigenvalue weighted by Gasteiger charge is 2.56. The summed E-state index contributed by atoms with van der Waals surface area (Å²) in [6.07, 6.45) is 3.15. The molecule has 3 aliphatic rings. The van der Waals surface area contributed by atoms with Gasteiger partial charge in [-0.15, -0.1) is 6.58 Å². The van der Waals surface area contributed by atoms with E-state index in [1.807, 2.05) is 60.7 Å². The molecule has 0 saturated carbocycles. The van der Waals surface area contributed by atoms with Crippen molar-refractivity contribution in [2.75, 3.05) is 33.7 Å². The van der Waals surface area contributed by atoms with Crippen LogP contribution in [-0.4, -0.2) is 88.2 Å². The third-order valence-corrected chi connectivity index (χ3v) is 10.4. The topological polar surface area (TPSA) is 83.1 Å². The molecular formula is C43H56O9. The molecule has 0 N–H and O–H groups in total. The Kier molecular flexibility index (Phi) is 14.9. The quantitative estimate of drug-likeness (QED) is 0.0771. The predicted molar refractivity (Wildman–Crippen MR) is 198 cm³/mol. The summed E-state index contributed by atoms with van der Waals surface area (Å²) in [7, 11) is 1.62. The van der Waals surface area contributed by atoms with Crippen LogP contribution in [0, 0.1) is 0 Å². The van der Waals surface area contributed by atoms with Crippen molar-refractivity contribution < 1.29 is 42.6 Å². The van der Waals surface area contributed by atoms with E-state index in [-0.39, 0.29) is 55.6 Å². The van der Waals surface area contributed by atoms with Gasteiger partial charge in [-0.3, -0.25) is 0 Å².